The van der Waals surface area contributed by atoms with Crippen LogP contribution in [0.4, 0.5) is 11.4 Å². The highest BCUT2D eigenvalue weighted by molar-refractivity contribution is 5.56. The molecule has 19 heavy (non-hydrogen) atoms. The van der Waals surface area contributed by atoms with Gasteiger partial charge in [-0.25, -0.2) is 0 Å². The second kappa shape index (κ2) is 5.99. The van der Waals surface area contributed by atoms with Crippen LogP contribution in [0.25, 0.3) is 0 Å². The van der Waals surface area contributed by atoms with E-state index in [1.54, 1.807) is 6.07 Å². The number of piperazine rings is 1. The number of anilines is 1. The summed E-state index contributed by atoms with van der Waals surface area (Å²) in [5, 5.41) is 10.9. The summed E-state index contributed by atoms with van der Waals surface area (Å²) in [5.74, 6) is 0. The molecule has 1 heterocycles. The zero-order valence-electron chi connectivity index (χ0n) is 11.2. The number of hydrogen-bond donors (Lipinski definition) is 1. The first-order valence-electron chi connectivity index (χ1n) is 6.60. The Balaban J connectivity index is 2.15. The Labute approximate surface area is 112 Å². The predicted molar refractivity (Wildman–Crippen MR) is 75.3 cm³/mol. The van der Waals surface area contributed by atoms with E-state index >= 15 is 0 Å². The second-order valence-corrected chi connectivity index (χ2v) is 4.70. The van der Waals surface area contributed by atoms with Crippen molar-refractivity contribution < 1.29 is 4.92 Å². The third kappa shape index (κ3) is 3.02. The maximum atomic E-state index is 10.9. The van der Waals surface area contributed by atoms with Crippen molar-refractivity contribution in [1.82, 2.24) is 4.90 Å². The number of likely N-dealkylation sites (N-methyl/N-ethyl adjacent to an activating group) is 1. The Kier molecular flexibility index (Phi) is 4.34. The lowest BCUT2D eigenvalue weighted by atomic mass is 10.1. The van der Waals surface area contributed by atoms with Crippen LogP contribution in [-0.4, -0.2) is 42.5 Å². The van der Waals surface area contributed by atoms with Crippen molar-refractivity contribution in [2.45, 2.75) is 13.5 Å². The summed E-state index contributed by atoms with van der Waals surface area (Å²) < 4.78 is 0. The molecule has 0 amide bonds. The van der Waals surface area contributed by atoms with E-state index in [1.165, 1.54) is 0 Å². The Morgan fingerprint density at radius 1 is 1.32 bits per heavy atom. The topological polar surface area (TPSA) is 75.6 Å². The summed E-state index contributed by atoms with van der Waals surface area (Å²) in [6, 6.07) is 5.22. The minimum Gasteiger partial charge on any atom is -0.369 e. The number of nitro benzene ring substituents is 1. The van der Waals surface area contributed by atoms with Gasteiger partial charge in [0.05, 0.1) is 4.92 Å². The van der Waals surface area contributed by atoms with Crippen LogP contribution in [0, 0.1) is 10.1 Å². The standard InChI is InChI=1S/C13H20N4O2/c1-2-15-5-7-16(8-6-15)12-3-4-13(17(18)19)11(9-12)10-14/h3-4,9H,2,5-8,10,14H2,1H3. The average molecular weight is 264 g/mol. The molecule has 0 aliphatic carbocycles. The molecular weight excluding hydrogens is 244 g/mol. The Morgan fingerprint density at radius 3 is 2.53 bits per heavy atom. The van der Waals surface area contributed by atoms with Gasteiger partial charge in [0.25, 0.3) is 5.69 Å². The van der Waals surface area contributed by atoms with Gasteiger partial charge < -0.3 is 15.5 Å². The van der Waals surface area contributed by atoms with Gasteiger partial charge in [0, 0.05) is 50.0 Å². The number of nitrogens with zero attached hydrogens (tertiary/aromatic N) is 3. The number of hydrogen-bond acceptors (Lipinski definition) is 5. The van der Waals surface area contributed by atoms with Crippen molar-refractivity contribution in [2.24, 2.45) is 5.73 Å². The second-order valence-electron chi connectivity index (χ2n) is 4.70. The highest BCUT2D eigenvalue weighted by Gasteiger charge is 2.19. The molecule has 1 aromatic rings. The normalized spacial score (nSPS) is 16.6. The molecule has 0 saturated carbocycles. The number of rotatable bonds is 4. The van der Waals surface area contributed by atoms with E-state index in [0.29, 0.717) is 5.56 Å². The molecule has 1 aliphatic rings. The van der Waals surface area contributed by atoms with Crippen LogP contribution in [0.15, 0.2) is 18.2 Å². The fourth-order valence-electron chi connectivity index (χ4n) is 2.43. The molecule has 0 radical (unpaired) electrons. The Bertz CT molecular complexity index is 456. The van der Waals surface area contributed by atoms with E-state index in [0.717, 1.165) is 38.4 Å². The van der Waals surface area contributed by atoms with E-state index in [2.05, 4.69) is 16.7 Å². The first kappa shape index (κ1) is 13.8. The molecule has 6 heteroatoms. The fourth-order valence-corrected chi connectivity index (χ4v) is 2.43. The average Bonchev–Trinajstić information content (AvgIpc) is 2.46. The SMILES string of the molecule is CCN1CCN(c2ccc([N+](=O)[O-])c(CN)c2)CC1. The molecule has 104 valence electrons. The van der Waals surface area contributed by atoms with Crippen LogP contribution in [0.5, 0.6) is 0 Å². The van der Waals surface area contributed by atoms with Crippen molar-refractivity contribution in [3.63, 3.8) is 0 Å². The fraction of sp³-hybridized carbons (Fsp3) is 0.538. The lowest BCUT2D eigenvalue weighted by molar-refractivity contribution is -0.385. The number of nitrogens with two attached hydrogens (primary N) is 1. The van der Waals surface area contributed by atoms with E-state index in [9.17, 15) is 10.1 Å². The monoisotopic (exact) mass is 264 g/mol. The Morgan fingerprint density at radius 2 is 2.00 bits per heavy atom. The minimum absolute atomic E-state index is 0.110. The summed E-state index contributed by atoms with van der Waals surface area (Å²) in [5.41, 5.74) is 7.34. The smallest absolute Gasteiger partial charge is 0.274 e. The zero-order chi connectivity index (χ0) is 13.8. The molecule has 1 aromatic carbocycles. The van der Waals surface area contributed by atoms with Crippen LogP contribution in [0.2, 0.25) is 0 Å². The molecule has 1 saturated heterocycles. The summed E-state index contributed by atoms with van der Waals surface area (Å²) in [6.07, 6.45) is 0. The van der Waals surface area contributed by atoms with Crippen LogP contribution >= 0.6 is 0 Å². The van der Waals surface area contributed by atoms with Crippen LogP contribution in [0.1, 0.15) is 12.5 Å². The van der Waals surface area contributed by atoms with Crippen molar-refractivity contribution in [3.05, 3.63) is 33.9 Å². The molecule has 2 rings (SSSR count). The van der Waals surface area contributed by atoms with Crippen LogP contribution < -0.4 is 10.6 Å². The lowest BCUT2D eigenvalue weighted by Crippen LogP contribution is -2.46. The van der Waals surface area contributed by atoms with Gasteiger partial charge >= 0.3 is 0 Å². The maximum Gasteiger partial charge on any atom is 0.274 e. The van der Waals surface area contributed by atoms with Crippen molar-refractivity contribution in [1.29, 1.82) is 0 Å². The van der Waals surface area contributed by atoms with Crippen LogP contribution in [0.3, 0.4) is 0 Å². The Hall–Kier alpha value is -1.66. The molecule has 0 atom stereocenters. The molecule has 0 aromatic heterocycles. The lowest BCUT2D eigenvalue weighted by Gasteiger charge is -2.35. The third-order valence-electron chi connectivity index (χ3n) is 3.66. The minimum atomic E-state index is -0.374. The van der Waals surface area contributed by atoms with Crippen molar-refractivity contribution in [3.8, 4) is 0 Å². The van der Waals surface area contributed by atoms with Gasteiger partial charge in [-0.1, -0.05) is 6.92 Å². The molecule has 0 spiro atoms. The maximum absolute atomic E-state index is 10.9. The molecule has 6 nitrogen and oxygen atoms in total. The molecule has 0 bridgehead atoms. The molecule has 2 N–H and O–H groups in total. The molecule has 1 aliphatic heterocycles. The summed E-state index contributed by atoms with van der Waals surface area (Å²) in [4.78, 5) is 15.2. The molecule has 1 fully saturated rings. The third-order valence-corrected chi connectivity index (χ3v) is 3.66. The number of benzene rings is 1. The van der Waals surface area contributed by atoms with E-state index in [-0.39, 0.29) is 17.2 Å². The van der Waals surface area contributed by atoms with Gasteiger partial charge in [-0.05, 0) is 18.7 Å². The summed E-state index contributed by atoms with van der Waals surface area (Å²) in [7, 11) is 0. The summed E-state index contributed by atoms with van der Waals surface area (Å²) >= 11 is 0. The van der Waals surface area contributed by atoms with Crippen LogP contribution in [-0.2, 0) is 6.54 Å². The predicted octanol–water partition coefficient (Wildman–Crippen LogP) is 1.20. The van der Waals surface area contributed by atoms with Crippen molar-refractivity contribution >= 4 is 11.4 Å². The quantitative estimate of drug-likeness (QED) is 0.653. The van der Waals surface area contributed by atoms with Gasteiger partial charge in [0.2, 0.25) is 0 Å². The van der Waals surface area contributed by atoms with Gasteiger partial charge in [-0.2, -0.15) is 0 Å². The number of nitro groups is 1. The van der Waals surface area contributed by atoms with Gasteiger partial charge in [0.1, 0.15) is 0 Å². The summed E-state index contributed by atoms with van der Waals surface area (Å²) in [6.45, 7) is 7.40. The van der Waals surface area contributed by atoms with Gasteiger partial charge in [-0.3, -0.25) is 10.1 Å². The van der Waals surface area contributed by atoms with E-state index in [4.69, 9.17) is 5.73 Å². The van der Waals surface area contributed by atoms with E-state index in [1.807, 2.05) is 12.1 Å². The highest BCUT2D eigenvalue weighted by atomic mass is 16.6. The molecular formula is C13H20N4O2. The zero-order valence-corrected chi connectivity index (χ0v) is 11.2. The first-order valence-corrected chi connectivity index (χ1v) is 6.60. The van der Waals surface area contributed by atoms with Gasteiger partial charge in [-0.15, -0.1) is 0 Å². The largest absolute Gasteiger partial charge is 0.369 e. The first-order chi connectivity index (χ1) is 9.15. The van der Waals surface area contributed by atoms with Gasteiger partial charge in [0.15, 0.2) is 0 Å². The van der Waals surface area contributed by atoms with Crippen molar-refractivity contribution in [2.75, 3.05) is 37.6 Å². The highest BCUT2D eigenvalue weighted by Crippen LogP contribution is 2.25. The molecule has 0 unspecified atom stereocenters. The van der Waals surface area contributed by atoms with E-state index < -0.39 is 0 Å².